The summed E-state index contributed by atoms with van der Waals surface area (Å²) in [7, 11) is 2.82. The molecule has 0 radical (unpaired) electrons. The van der Waals surface area contributed by atoms with E-state index in [1.54, 1.807) is 0 Å². The van der Waals surface area contributed by atoms with Crippen LogP contribution in [0.3, 0.4) is 0 Å². The average molecular weight is 278 g/mol. The van der Waals surface area contributed by atoms with Crippen molar-refractivity contribution in [3.05, 3.63) is 28.8 Å². The first kappa shape index (κ1) is 14.4. The molecule has 0 N–H and O–H groups in total. The van der Waals surface area contributed by atoms with E-state index in [2.05, 4.69) is 0 Å². The molecule has 5 heteroatoms. The van der Waals surface area contributed by atoms with Gasteiger partial charge in [0.25, 0.3) is 0 Å². The number of ether oxygens (including phenoxy) is 3. The van der Waals surface area contributed by atoms with E-state index in [-0.39, 0.29) is 18.0 Å². The highest BCUT2D eigenvalue weighted by Crippen LogP contribution is 2.41. The SMILES string of the molecule is COC(=O)c1c(C)ccc([C@@H]2OC(=O)C[C@@H]2C)c1OC. The number of methoxy groups -OCH3 is 2. The van der Waals surface area contributed by atoms with Crippen LogP contribution in [0.4, 0.5) is 0 Å². The highest BCUT2D eigenvalue weighted by Gasteiger charge is 2.36. The molecule has 1 saturated heterocycles. The summed E-state index contributed by atoms with van der Waals surface area (Å²) < 4.78 is 15.5. The minimum atomic E-state index is -0.460. The lowest BCUT2D eigenvalue weighted by Crippen LogP contribution is -2.12. The van der Waals surface area contributed by atoms with Crippen molar-refractivity contribution < 1.29 is 23.8 Å². The second kappa shape index (κ2) is 5.53. The van der Waals surface area contributed by atoms with E-state index in [1.165, 1.54) is 14.2 Å². The molecule has 1 aliphatic heterocycles. The molecule has 1 aromatic carbocycles. The van der Waals surface area contributed by atoms with Crippen molar-refractivity contribution >= 4 is 11.9 Å². The average Bonchev–Trinajstić information content (AvgIpc) is 2.76. The molecule has 0 spiro atoms. The molecule has 0 unspecified atom stereocenters. The summed E-state index contributed by atoms with van der Waals surface area (Å²) in [6.45, 7) is 3.75. The molecule has 1 aliphatic rings. The molecule has 5 nitrogen and oxygen atoms in total. The molecule has 1 aromatic rings. The quantitative estimate of drug-likeness (QED) is 0.794. The van der Waals surface area contributed by atoms with E-state index in [0.717, 1.165) is 5.56 Å². The second-order valence-electron chi connectivity index (χ2n) is 4.96. The van der Waals surface area contributed by atoms with Crippen LogP contribution in [0.15, 0.2) is 12.1 Å². The zero-order chi connectivity index (χ0) is 14.9. The molecule has 2 rings (SSSR count). The third-order valence-corrected chi connectivity index (χ3v) is 3.56. The normalized spacial score (nSPS) is 21.5. The fraction of sp³-hybridized carbons (Fsp3) is 0.467. The van der Waals surface area contributed by atoms with Crippen LogP contribution in [0.25, 0.3) is 0 Å². The van der Waals surface area contributed by atoms with Gasteiger partial charge in [0.05, 0.1) is 20.6 Å². The molecule has 0 amide bonds. The minimum Gasteiger partial charge on any atom is -0.495 e. The Balaban J connectivity index is 2.54. The zero-order valence-corrected chi connectivity index (χ0v) is 12.1. The maximum Gasteiger partial charge on any atom is 0.341 e. The Morgan fingerprint density at radius 1 is 1.35 bits per heavy atom. The molecular formula is C15H18O5. The maximum atomic E-state index is 11.9. The maximum absolute atomic E-state index is 11.9. The van der Waals surface area contributed by atoms with Gasteiger partial charge in [-0.2, -0.15) is 0 Å². The summed E-state index contributed by atoms with van der Waals surface area (Å²) in [6.07, 6.45) is -0.0172. The smallest absolute Gasteiger partial charge is 0.341 e. The largest absolute Gasteiger partial charge is 0.495 e. The number of hydrogen-bond donors (Lipinski definition) is 0. The Bertz CT molecular complexity index is 549. The number of carbonyl (C=O) groups excluding carboxylic acids is 2. The van der Waals surface area contributed by atoms with Gasteiger partial charge in [0, 0.05) is 11.5 Å². The Morgan fingerprint density at radius 3 is 2.55 bits per heavy atom. The fourth-order valence-corrected chi connectivity index (χ4v) is 2.54. The number of rotatable bonds is 3. The summed E-state index contributed by atoms with van der Waals surface area (Å²) in [5.41, 5.74) is 1.84. The van der Waals surface area contributed by atoms with Gasteiger partial charge in [-0.15, -0.1) is 0 Å². The van der Waals surface area contributed by atoms with Crippen LogP contribution in [-0.4, -0.2) is 26.2 Å². The van der Waals surface area contributed by atoms with Crippen LogP contribution in [0.5, 0.6) is 5.75 Å². The number of esters is 2. The summed E-state index contributed by atoms with van der Waals surface area (Å²) >= 11 is 0. The van der Waals surface area contributed by atoms with Crippen molar-refractivity contribution in [2.24, 2.45) is 5.92 Å². The molecule has 0 aromatic heterocycles. The number of benzene rings is 1. The Kier molecular flexibility index (Phi) is 3.97. The zero-order valence-electron chi connectivity index (χ0n) is 12.1. The summed E-state index contributed by atoms with van der Waals surface area (Å²) in [5, 5.41) is 0. The van der Waals surface area contributed by atoms with Crippen molar-refractivity contribution in [2.45, 2.75) is 26.4 Å². The van der Waals surface area contributed by atoms with Gasteiger partial charge in [-0.3, -0.25) is 4.79 Å². The summed E-state index contributed by atoms with van der Waals surface area (Å²) in [6, 6.07) is 3.64. The number of aryl methyl sites for hydroxylation is 1. The van der Waals surface area contributed by atoms with Gasteiger partial charge in [0.15, 0.2) is 0 Å². The van der Waals surface area contributed by atoms with Crippen LogP contribution in [0, 0.1) is 12.8 Å². The van der Waals surface area contributed by atoms with Gasteiger partial charge >= 0.3 is 11.9 Å². The van der Waals surface area contributed by atoms with Crippen LogP contribution >= 0.6 is 0 Å². The predicted molar refractivity (Wildman–Crippen MR) is 71.7 cm³/mol. The van der Waals surface area contributed by atoms with Gasteiger partial charge in [0.2, 0.25) is 0 Å². The highest BCUT2D eigenvalue weighted by atomic mass is 16.6. The van der Waals surface area contributed by atoms with Crippen LogP contribution in [0.2, 0.25) is 0 Å². The van der Waals surface area contributed by atoms with E-state index >= 15 is 0 Å². The molecule has 1 fully saturated rings. The van der Waals surface area contributed by atoms with E-state index in [1.807, 2.05) is 26.0 Å². The Labute approximate surface area is 117 Å². The first-order valence-corrected chi connectivity index (χ1v) is 6.44. The number of carbonyl (C=O) groups is 2. The van der Waals surface area contributed by atoms with Gasteiger partial charge < -0.3 is 14.2 Å². The summed E-state index contributed by atoms with van der Waals surface area (Å²) in [4.78, 5) is 23.3. The third kappa shape index (κ3) is 2.35. The van der Waals surface area contributed by atoms with Gasteiger partial charge in [-0.25, -0.2) is 4.79 Å². The topological polar surface area (TPSA) is 61.8 Å². The van der Waals surface area contributed by atoms with Crippen LogP contribution in [-0.2, 0) is 14.3 Å². The molecule has 2 atom stereocenters. The van der Waals surface area contributed by atoms with Crippen molar-refractivity contribution in [3.8, 4) is 5.75 Å². The number of hydrogen-bond acceptors (Lipinski definition) is 5. The molecule has 0 bridgehead atoms. The third-order valence-electron chi connectivity index (χ3n) is 3.56. The monoisotopic (exact) mass is 278 g/mol. The molecule has 20 heavy (non-hydrogen) atoms. The van der Waals surface area contributed by atoms with Crippen molar-refractivity contribution in [2.75, 3.05) is 14.2 Å². The lowest BCUT2D eigenvalue weighted by molar-refractivity contribution is -0.141. The molecule has 0 aliphatic carbocycles. The molecule has 0 saturated carbocycles. The van der Waals surface area contributed by atoms with Crippen molar-refractivity contribution in [1.82, 2.24) is 0 Å². The van der Waals surface area contributed by atoms with Gasteiger partial charge in [-0.05, 0) is 12.5 Å². The Morgan fingerprint density at radius 2 is 2.05 bits per heavy atom. The lowest BCUT2D eigenvalue weighted by Gasteiger charge is -2.20. The first-order valence-electron chi connectivity index (χ1n) is 6.44. The number of cyclic esters (lactones) is 1. The second-order valence-corrected chi connectivity index (χ2v) is 4.96. The molecular weight excluding hydrogens is 260 g/mol. The van der Waals surface area contributed by atoms with Crippen LogP contribution in [0.1, 0.15) is 40.9 Å². The Hall–Kier alpha value is -2.04. The highest BCUT2D eigenvalue weighted by molar-refractivity contribution is 5.94. The van der Waals surface area contributed by atoms with E-state index in [9.17, 15) is 9.59 Å². The molecule has 108 valence electrons. The van der Waals surface area contributed by atoms with Crippen molar-refractivity contribution in [3.63, 3.8) is 0 Å². The van der Waals surface area contributed by atoms with E-state index in [0.29, 0.717) is 23.3 Å². The van der Waals surface area contributed by atoms with Gasteiger partial charge in [-0.1, -0.05) is 19.1 Å². The van der Waals surface area contributed by atoms with E-state index < -0.39 is 5.97 Å². The standard InChI is InChI=1S/C15H18O5/c1-8-5-6-10(13-9(2)7-11(16)20-13)14(18-3)12(8)15(17)19-4/h5-6,9,13H,7H2,1-4H3/t9-,13+/m0/s1. The minimum absolute atomic E-state index is 0.0459. The van der Waals surface area contributed by atoms with Gasteiger partial charge in [0.1, 0.15) is 17.4 Å². The predicted octanol–water partition coefficient (Wildman–Crippen LogP) is 2.41. The lowest BCUT2D eigenvalue weighted by atomic mass is 9.93. The van der Waals surface area contributed by atoms with Crippen molar-refractivity contribution in [1.29, 1.82) is 0 Å². The first-order chi connectivity index (χ1) is 9.49. The fourth-order valence-electron chi connectivity index (χ4n) is 2.54. The van der Waals surface area contributed by atoms with Crippen LogP contribution < -0.4 is 4.74 Å². The molecule has 1 heterocycles. The summed E-state index contributed by atoms with van der Waals surface area (Å²) in [5.74, 6) is -0.226. The van der Waals surface area contributed by atoms with E-state index in [4.69, 9.17) is 14.2 Å².